The van der Waals surface area contributed by atoms with Gasteiger partial charge in [-0.25, -0.2) is 8.42 Å². The Balaban J connectivity index is 1.32. The highest BCUT2D eigenvalue weighted by Crippen LogP contribution is 2.28. The maximum absolute atomic E-state index is 13.1. The van der Waals surface area contributed by atoms with E-state index in [0.29, 0.717) is 44.8 Å². The number of rotatable bonds is 5. The second-order valence-corrected chi connectivity index (χ2v) is 10.4. The van der Waals surface area contributed by atoms with Crippen LogP contribution in [0.4, 0.5) is 5.69 Å². The van der Waals surface area contributed by atoms with Crippen molar-refractivity contribution in [1.82, 2.24) is 9.21 Å². The van der Waals surface area contributed by atoms with Gasteiger partial charge >= 0.3 is 0 Å². The molecule has 0 atom stereocenters. The third-order valence-corrected chi connectivity index (χ3v) is 8.41. The molecule has 7 nitrogen and oxygen atoms in total. The number of ether oxygens (including phenoxy) is 1. The van der Waals surface area contributed by atoms with E-state index in [4.69, 9.17) is 4.74 Å². The molecule has 1 amide bonds. The smallest absolute Gasteiger partial charge is 0.243 e. The van der Waals surface area contributed by atoms with Gasteiger partial charge in [0.15, 0.2) is 0 Å². The standard InChI is InChI=1S/C24H31N3O4S/c1-19-18-22(8-9-23(19)31-2)32(29,30)27-12-10-20(11-13-27)24(28)26-16-14-25(15-17-26)21-6-4-3-5-7-21/h3-9,18,20H,10-17H2,1-2H3. The Bertz CT molecular complexity index is 1040. The SMILES string of the molecule is COc1ccc(S(=O)(=O)N2CCC(C(=O)N3CCN(c4ccccc4)CC3)CC2)cc1C. The first-order chi connectivity index (χ1) is 15.4. The number of methoxy groups -OCH3 is 1. The molecule has 32 heavy (non-hydrogen) atoms. The summed E-state index contributed by atoms with van der Waals surface area (Å²) in [7, 11) is -2.01. The van der Waals surface area contributed by atoms with Crippen LogP contribution >= 0.6 is 0 Å². The molecule has 0 unspecified atom stereocenters. The van der Waals surface area contributed by atoms with Crippen LogP contribution in [0.25, 0.3) is 0 Å². The Morgan fingerprint density at radius 3 is 2.19 bits per heavy atom. The molecule has 4 rings (SSSR count). The number of carbonyl (C=O) groups excluding carboxylic acids is 1. The summed E-state index contributed by atoms with van der Waals surface area (Å²) >= 11 is 0. The number of aryl methyl sites for hydroxylation is 1. The summed E-state index contributed by atoms with van der Waals surface area (Å²) in [6, 6.07) is 15.2. The molecule has 0 spiro atoms. The number of benzene rings is 2. The third-order valence-electron chi connectivity index (χ3n) is 6.52. The maximum atomic E-state index is 13.1. The summed E-state index contributed by atoms with van der Waals surface area (Å²) in [5, 5.41) is 0. The topological polar surface area (TPSA) is 70.2 Å². The van der Waals surface area contributed by atoms with Gasteiger partial charge in [0, 0.05) is 50.9 Å². The lowest BCUT2D eigenvalue weighted by atomic mass is 9.96. The van der Waals surface area contributed by atoms with Crippen molar-refractivity contribution in [2.75, 3.05) is 51.3 Å². The molecule has 172 valence electrons. The van der Waals surface area contributed by atoms with Crippen molar-refractivity contribution in [3.63, 3.8) is 0 Å². The summed E-state index contributed by atoms with van der Waals surface area (Å²) in [4.78, 5) is 17.6. The third kappa shape index (κ3) is 4.61. The zero-order chi connectivity index (χ0) is 22.7. The summed E-state index contributed by atoms with van der Waals surface area (Å²) in [6.07, 6.45) is 1.12. The predicted octanol–water partition coefficient (Wildman–Crippen LogP) is 2.75. The van der Waals surface area contributed by atoms with Gasteiger partial charge in [-0.2, -0.15) is 4.31 Å². The molecule has 2 aromatic rings. The zero-order valence-corrected chi connectivity index (χ0v) is 19.6. The molecule has 8 heteroatoms. The normalized spacial score (nSPS) is 18.6. The van der Waals surface area contributed by atoms with Crippen molar-refractivity contribution in [2.45, 2.75) is 24.7 Å². The van der Waals surface area contributed by atoms with Gasteiger partial charge in [0.05, 0.1) is 12.0 Å². The molecule has 0 radical (unpaired) electrons. The number of piperazine rings is 1. The van der Waals surface area contributed by atoms with Gasteiger partial charge in [0.1, 0.15) is 5.75 Å². The van der Waals surface area contributed by atoms with Crippen LogP contribution in [0.2, 0.25) is 0 Å². The van der Waals surface area contributed by atoms with Crippen molar-refractivity contribution in [3.05, 3.63) is 54.1 Å². The number of piperidine rings is 1. The van der Waals surface area contributed by atoms with Gasteiger partial charge in [0.2, 0.25) is 15.9 Å². The van der Waals surface area contributed by atoms with E-state index in [9.17, 15) is 13.2 Å². The quantitative estimate of drug-likeness (QED) is 0.691. The molecule has 2 aliphatic heterocycles. The Kier molecular flexibility index (Phi) is 6.71. The molecule has 0 saturated carbocycles. The summed E-state index contributed by atoms with van der Waals surface area (Å²) in [6.45, 7) is 5.62. The van der Waals surface area contributed by atoms with E-state index in [1.807, 2.05) is 30.0 Å². The first kappa shape index (κ1) is 22.6. The van der Waals surface area contributed by atoms with Crippen LogP contribution in [-0.2, 0) is 14.8 Å². The molecular formula is C24H31N3O4S. The average Bonchev–Trinajstić information content (AvgIpc) is 2.84. The van der Waals surface area contributed by atoms with Gasteiger partial charge in [-0.1, -0.05) is 18.2 Å². The molecule has 2 saturated heterocycles. The number of amides is 1. The summed E-state index contributed by atoms with van der Waals surface area (Å²) in [5.41, 5.74) is 1.97. The van der Waals surface area contributed by atoms with Crippen molar-refractivity contribution in [1.29, 1.82) is 0 Å². The maximum Gasteiger partial charge on any atom is 0.243 e. The molecule has 0 aliphatic carbocycles. The van der Waals surface area contributed by atoms with Crippen molar-refractivity contribution < 1.29 is 17.9 Å². The van der Waals surface area contributed by atoms with Gasteiger partial charge in [0.25, 0.3) is 0 Å². The van der Waals surface area contributed by atoms with E-state index in [0.717, 1.165) is 18.7 Å². The fourth-order valence-corrected chi connectivity index (χ4v) is 6.14. The number of hydrogen-bond donors (Lipinski definition) is 0. The van der Waals surface area contributed by atoms with Crippen LogP contribution < -0.4 is 9.64 Å². The minimum Gasteiger partial charge on any atom is -0.496 e. The molecule has 0 aromatic heterocycles. The lowest BCUT2D eigenvalue weighted by Crippen LogP contribution is -2.52. The summed E-state index contributed by atoms with van der Waals surface area (Å²) in [5.74, 6) is 0.720. The zero-order valence-electron chi connectivity index (χ0n) is 18.7. The Hall–Kier alpha value is -2.58. The number of anilines is 1. The Labute approximate surface area is 190 Å². The molecule has 2 heterocycles. The lowest BCUT2D eigenvalue weighted by molar-refractivity contribution is -0.137. The number of nitrogens with zero attached hydrogens (tertiary/aromatic N) is 3. The Morgan fingerprint density at radius 1 is 0.938 bits per heavy atom. The van der Waals surface area contributed by atoms with Crippen LogP contribution in [0, 0.1) is 12.8 Å². The number of sulfonamides is 1. The molecule has 2 aromatic carbocycles. The second-order valence-electron chi connectivity index (χ2n) is 8.46. The highest BCUT2D eigenvalue weighted by molar-refractivity contribution is 7.89. The number of hydrogen-bond acceptors (Lipinski definition) is 5. The fraction of sp³-hybridized carbons (Fsp3) is 0.458. The van der Waals surface area contributed by atoms with Crippen molar-refractivity contribution in [3.8, 4) is 5.75 Å². The van der Waals surface area contributed by atoms with E-state index in [2.05, 4.69) is 17.0 Å². The highest BCUT2D eigenvalue weighted by Gasteiger charge is 2.34. The van der Waals surface area contributed by atoms with E-state index in [-0.39, 0.29) is 16.7 Å². The highest BCUT2D eigenvalue weighted by atomic mass is 32.2. The number of carbonyl (C=O) groups is 1. The second kappa shape index (κ2) is 9.50. The molecule has 0 bridgehead atoms. The van der Waals surface area contributed by atoms with Crippen LogP contribution in [0.3, 0.4) is 0 Å². The van der Waals surface area contributed by atoms with Gasteiger partial charge in [-0.15, -0.1) is 0 Å². The van der Waals surface area contributed by atoms with Crippen molar-refractivity contribution in [2.24, 2.45) is 5.92 Å². The van der Waals surface area contributed by atoms with E-state index in [1.54, 1.807) is 25.3 Å². The molecular weight excluding hydrogens is 426 g/mol. The first-order valence-electron chi connectivity index (χ1n) is 11.1. The molecule has 0 N–H and O–H groups in total. The largest absolute Gasteiger partial charge is 0.496 e. The van der Waals surface area contributed by atoms with Crippen molar-refractivity contribution >= 4 is 21.6 Å². The monoisotopic (exact) mass is 457 g/mol. The minimum absolute atomic E-state index is 0.109. The van der Waals surface area contributed by atoms with Gasteiger partial charge in [-0.3, -0.25) is 4.79 Å². The van der Waals surface area contributed by atoms with Gasteiger partial charge in [-0.05, 0) is 55.7 Å². The Morgan fingerprint density at radius 2 is 1.59 bits per heavy atom. The lowest BCUT2D eigenvalue weighted by Gasteiger charge is -2.39. The molecule has 2 aliphatic rings. The number of para-hydroxylation sites is 1. The van der Waals surface area contributed by atoms with E-state index in [1.165, 1.54) is 9.99 Å². The van der Waals surface area contributed by atoms with Crippen LogP contribution in [0.1, 0.15) is 18.4 Å². The van der Waals surface area contributed by atoms with Crippen LogP contribution in [0.15, 0.2) is 53.4 Å². The first-order valence-corrected chi connectivity index (χ1v) is 12.6. The minimum atomic E-state index is -3.58. The van der Waals surface area contributed by atoms with E-state index < -0.39 is 10.0 Å². The fourth-order valence-electron chi connectivity index (χ4n) is 4.59. The van der Waals surface area contributed by atoms with Crippen LogP contribution in [0.5, 0.6) is 5.75 Å². The average molecular weight is 458 g/mol. The van der Waals surface area contributed by atoms with Crippen LogP contribution in [-0.4, -0.2) is 69.9 Å². The van der Waals surface area contributed by atoms with Gasteiger partial charge < -0.3 is 14.5 Å². The summed E-state index contributed by atoms with van der Waals surface area (Å²) < 4.78 is 32.9. The molecule has 2 fully saturated rings. The van der Waals surface area contributed by atoms with E-state index >= 15 is 0 Å². The predicted molar refractivity (Wildman–Crippen MR) is 124 cm³/mol.